The minimum absolute atomic E-state index is 0.0114. The van der Waals surface area contributed by atoms with Crippen molar-refractivity contribution < 1.29 is 14.3 Å². The summed E-state index contributed by atoms with van der Waals surface area (Å²) >= 11 is 0. The summed E-state index contributed by atoms with van der Waals surface area (Å²) < 4.78 is 11.2. The van der Waals surface area contributed by atoms with Crippen LogP contribution in [0.5, 0.6) is 0 Å². The third-order valence-electron chi connectivity index (χ3n) is 4.94. The number of hydrogen-bond donors (Lipinski definition) is 2. The Labute approximate surface area is 128 Å². The van der Waals surface area contributed by atoms with Crippen LogP contribution in [0.15, 0.2) is 0 Å². The van der Waals surface area contributed by atoms with Crippen LogP contribution in [0.25, 0.3) is 0 Å². The van der Waals surface area contributed by atoms with Gasteiger partial charge in [-0.2, -0.15) is 0 Å². The molecule has 1 saturated heterocycles. The summed E-state index contributed by atoms with van der Waals surface area (Å²) in [7, 11) is 0. The average molecular weight is 298 g/mol. The van der Waals surface area contributed by atoms with E-state index in [0.29, 0.717) is 13.2 Å². The van der Waals surface area contributed by atoms with Gasteiger partial charge in [-0.15, -0.1) is 0 Å². The van der Waals surface area contributed by atoms with Crippen molar-refractivity contribution in [1.82, 2.24) is 10.6 Å². The quantitative estimate of drug-likeness (QED) is 0.744. The lowest BCUT2D eigenvalue weighted by Crippen LogP contribution is -2.63. The first-order valence-corrected chi connectivity index (χ1v) is 8.23. The van der Waals surface area contributed by atoms with E-state index in [0.717, 1.165) is 26.0 Å². The molecule has 0 bridgehead atoms. The summed E-state index contributed by atoms with van der Waals surface area (Å²) in [6.45, 7) is 11.3. The van der Waals surface area contributed by atoms with E-state index in [1.807, 2.05) is 6.92 Å². The van der Waals surface area contributed by atoms with Crippen molar-refractivity contribution in [3.63, 3.8) is 0 Å². The third kappa shape index (κ3) is 3.58. The first kappa shape index (κ1) is 16.7. The van der Waals surface area contributed by atoms with E-state index >= 15 is 0 Å². The number of rotatable bonds is 7. The van der Waals surface area contributed by atoms with Crippen LogP contribution >= 0.6 is 0 Å². The second-order valence-corrected chi connectivity index (χ2v) is 6.77. The largest absolute Gasteiger partial charge is 0.379 e. The molecule has 2 N–H and O–H groups in total. The van der Waals surface area contributed by atoms with Crippen molar-refractivity contribution in [1.29, 1.82) is 0 Å². The Kier molecular flexibility index (Phi) is 5.63. The maximum absolute atomic E-state index is 12.5. The van der Waals surface area contributed by atoms with Crippen molar-refractivity contribution in [3.8, 4) is 0 Å². The second-order valence-electron chi connectivity index (χ2n) is 6.77. The van der Waals surface area contributed by atoms with E-state index in [1.54, 1.807) is 0 Å². The highest BCUT2D eigenvalue weighted by molar-refractivity contribution is 5.80. The summed E-state index contributed by atoms with van der Waals surface area (Å²) in [6.07, 6.45) is 2.23. The highest BCUT2D eigenvalue weighted by atomic mass is 16.5. The Morgan fingerprint density at radius 3 is 2.71 bits per heavy atom. The zero-order chi connectivity index (χ0) is 15.5. The molecule has 2 rings (SSSR count). The molecule has 4 atom stereocenters. The zero-order valence-electron chi connectivity index (χ0n) is 13.8. The van der Waals surface area contributed by atoms with Crippen LogP contribution < -0.4 is 10.6 Å². The number of carbonyl (C=O) groups excluding carboxylic acids is 1. The Bertz CT molecular complexity index is 359. The molecule has 0 radical (unpaired) electrons. The highest BCUT2D eigenvalue weighted by Crippen LogP contribution is 2.42. The topological polar surface area (TPSA) is 59.6 Å². The van der Waals surface area contributed by atoms with Crippen molar-refractivity contribution >= 4 is 5.91 Å². The van der Waals surface area contributed by atoms with Gasteiger partial charge in [0.1, 0.15) is 0 Å². The molecule has 21 heavy (non-hydrogen) atoms. The Hall–Kier alpha value is -0.650. The van der Waals surface area contributed by atoms with Crippen LogP contribution in [-0.2, 0) is 14.3 Å². The Morgan fingerprint density at radius 2 is 2.10 bits per heavy atom. The fraction of sp³-hybridized carbons (Fsp3) is 0.938. The van der Waals surface area contributed by atoms with Crippen LogP contribution in [0.3, 0.4) is 0 Å². The molecule has 2 aliphatic rings. The fourth-order valence-corrected chi connectivity index (χ4v) is 3.24. The molecule has 5 heteroatoms. The van der Waals surface area contributed by atoms with E-state index in [4.69, 9.17) is 9.47 Å². The normalized spacial score (nSPS) is 34.5. The van der Waals surface area contributed by atoms with E-state index in [1.165, 1.54) is 0 Å². The molecule has 0 spiro atoms. The number of carbonyl (C=O) groups is 1. The van der Waals surface area contributed by atoms with Gasteiger partial charge in [0, 0.05) is 24.1 Å². The van der Waals surface area contributed by atoms with Crippen LogP contribution in [0.2, 0.25) is 0 Å². The molecule has 5 nitrogen and oxygen atoms in total. The molecular weight excluding hydrogens is 268 g/mol. The Morgan fingerprint density at radius 1 is 1.33 bits per heavy atom. The first-order valence-electron chi connectivity index (χ1n) is 8.23. The summed E-state index contributed by atoms with van der Waals surface area (Å²) in [5, 5.41) is 6.62. The van der Waals surface area contributed by atoms with Crippen LogP contribution in [0, 0.1) is 11.3 Å². The molecule has 1 aliphatic heterocycles. The summed E-state index contributed by atoms with van der Waals surface area (Å²) in [5.41, 5.74) is 0.0114. The van der Waals surface area contributed by atoms with Crippen LogP contribution in [-0.4, -0.2) is 50.5 Å². The molecular formula is C16H30N2O3. The minimum Gasteiger partial charge on any atom is -0.379 e. The van der Waals surface area contributed by atoms with Gasteiger partial charge < -0.3 is 20.1 Å². The maximum Gasteiger partial charge on any atom is 0.227 e. The van der Waals surface area contributed by atoms with E-state index < -0.39 is 0 Å². The third-order valence-corrected chi connectivity index (χ3v) is 4.94. The highest BCUT2D eigenvalue weighted by Gasteiger charge is 2.50. The minimum atomic E-state index is -0.0708. The van der Waals surface area contributed by atoms with Gasteiger partial charge in [-0.05, 0) is 26.3 Å². The predicted molar refractivity (Wildman–Crippen MR) is 82.1 cm³/mol. The van der Waals surface area contributed by atoms with Gasteiger partial charge >= 0.3 is 0 Å². The maximum atomic E-state index is 12.5. The average Bonchev–Trinajstić information content (AvgIpc) is 2.92. The zero-order valence-corrected chi connectivity index (χ0v) is 13.8. The van der Waals surface area contributed by atoms with E-state index in [-0.39, 0.29) is 35.4 Å². The van der Waals surface area contributed by atoms with Crippen LogP contribution in [0.4, 0.5) is 0 Å². The smallest absolute Gasteiger partial charge is 0.227 e. The van der Waals surface area contributed by atoms with Gasteiger partial charge in [0.2, 0.25) is 5.91 Å². The van der Waals surface area contributed by atoms with Gasteiger partial charge in [-0.3, -0.25) is 4.79 Å². The molecule has 1 heterocycles. The summed E-state index contributed by atoms with van der Waals surface area (Å²) in [4.78, 5) is 12.5. The summed E-state index contributed by atoms with van der Waals surface area (Å²) in [5.74, 6) is 0.0487. The van der Waals surface area contributed by atoms with Crippen molar-refractivity contribution in [2.45, 2.75) is 58.7 Å². The van der Waals surface area contributed by atoms with Crippen LogP contribution in [0.1, 0.15) is 40.5 Å². The molecule has 1 aliphatic carbocycles. The second kappa shape index (κ2) is 7.07. The Balaban J connectivity index is 1.84. The van der Waals surface area contributed by atoms with Gasteiger partial charge in [0.25, 0.3) is 0 Å². The lowest BCUT2D eigenvalue weighted by Gasteiger charge is -2.51. The fourth-order valence-electron chi connectivity index (χ4n) is 3.24. The van der Waals surface area contributed by atoms with E-state index in [2.05, 4.69) is 31.4 Å². The predicted octanol–water partition coefficient (Wildman–Crippen LogP) is 1.32. The monoisotopic (exact) mass is 298 g/mol. The van der Waals surface area contributed by atoms with Crippen molar-refractivity contribution in [3.05, 3.63) is 0 Å². The molecule has 0 aromatic carbocycles. The molecule has 2 fully saturated rings. The van der Waals surface area contributed by atoms with Gasteiger partial charge in [0.15, 0.2) is 0 Å². The SMILES string of the molecule is CCCNC1COCC1C(=O)NC1CC(OCC)C1(C)C. The van der Waals surface area contributed by atoms with Crippen molar-refractivity contribution in [2.75, 3.05) is 26.4 Å². The number of ether oxygens (including phenoxy) is 2. The van der Waals surface area contributed by atoms with Gasteiger partial charge in [-0.1, -0.05) is 20.8 Å². The molecule has 1 saturated carbocycles. The lowest BCUT2D eigenvalue weighted by molar-refractivity contribution is -0.140. The lowest BCUT2D eigenvalue weighted by atomic mass is 9.64. The molecule has 1 amide bonds. The number of amides is 1. The molecule has 0 aromatic rings. The van der Waals surface area contributed by atoms with E-state index in [9.17, 15) is 4.79 Å². The standard InChI is InChI=1S/C16H30N2O3/c1-5-7-17-12-10-20-9-11(12)15(19)18-13-8-14(21-6-2)16(13,3)4/h11-14,17H,5-10H2,1-4H3,(H,18,19). The first-order chi connectivity index (χ1) is 10.0. The number of nitrogens with one attached hydrogen (secondary N) is 2. The van der Waals surface area contributed by atoms with Gasteiger partial charge in [0.05, 0.1) is 25.2 Å². The molecule has 122 valence electrons. The number of hydrogen-bond acceptors (Lipinski definition) is 4. The summed E-state index contributed by atoms with van der Waals surface area (Å²) in [6, 6.07) is 0.352. The molecule has 4 unspecified atom stereocenters. The van der Waals surface area contributed by atoms with Crippen molar-refractivity contribution in [2.24, 2.45) is 11.3 Å². The molecule has 0 aromatic heterocycles. The van der Waals surface area contributed by atoms with Gasteiger partial charge in [-0.25, -0.2) is 0 Å².